The molecule has 29 nitrogen and oxygen atoms in total. The Morgan fingerprint density at radius 1 is 0.486 bits per heavy atom. The third-order valence-corrected chi connectivity index (χ3v) is 12.7. The molecule has 74 heavy (non-hydrogen) atoms. The molecule has 8 unspecified atom stereocenters. The smallest absolute Gasteiger partial charge is 0.343 e. The lowest BCUT2D eigenvalue weighted by atomic mass is 9.83. The molecule has 0 aromatic rings. The van der Waals surface area contributed by atoms with Gasteiger partial charge in [-0.3, -0.25) is 28.8 Å². The van der Waals surface area contributed by atoms with Crippen LogP contribution in [0.2, 0.25) is 0 Å². The van der Waals surface area contributed by atoms with E-state index in [1.807, 2.05) is 0 Å². The fourth-order valence-corrected chi connectivity index (χ4v) is 9.52. The van der Waals surface area contributed by atoms with Crippen molar-refractivity contribution < 1.29 is 138 Å². The lowest BCUT2D eigenvalue weighted by molar-refractivity contribution is -0.429. The molecule has 0 aromatic carbocycles. The molecule has 6 aliphatic heterocycles. The van der Waals surface area contributed by atoms with Crippen LogP contribution in [0.1, 0.15) is 54.9 Å². The molecule has 0 saturated carbocycles. The summed E-state index contributed by atoms with van der Waals surface area (Å²) in [7, 11) is 6.95. The van der Waals surface area contributed by atoms with Crippen LogP contribution in [0.5, 0.6) is 0 Å². The summed E-state index contributed by atoms with van der Waals surface area (Å²) in [5, 5.41) is 11.5. The van der Waals surface area contributed by atoms with Crippen LogP contribution in [0.3, 0.4) is 0 Å². The molecule has 0 spiro atoms. The molecule has 0 radical (unpaired) electrons. The van der Waals surface area contributed by atoms with Crippen LogP contribution in [0.15, 0.2) is 0 Å². The number of carbonyl (C=O) groups is 8. The van der Waals surface area contributed by atoms with E-state index < -0.39 is 189 Å². The lowest BCUT2D eigenvalue weighted by Gasteiger charge is -2.57. The molecule has 0 aliphatic carbocycles. The SMILES string of the molecule is CCC1(C(=O)OC)O[C@@H](O[C@@H]2C(COC(C)=O)O[C@@H](O[C@H]3C(OC)[C@H]4OCC3(C(=O)OC)O[C@H]4O[C@@H]3C(COC(C)=O)O[C@H](OC)C(OC(C)=O)[C@H]3OC(C)=O)C(OC(C)=O)[C@H]2OC(C)=O)C(OC)[C@@H](OC)[C@@H]1O. The first-order valence-corrected chi connectivity index (χ1v) is 23.2. The van der Waals surface area contributed by atoms with Gasteiger partial charge in [-0.25, -0.2) is 9.59 Å². The number of aliphatic hydroxyl groups is 1. The summed E-state index contributed by atoms with van der Waals surface area (Å²) in [6.07, 6.45) is -28.9. The van der Waals surface area contributed by atoms with Crippen molar-refractivity contribution in [3.05, 3.63) is 0 Å². The van der Waals surface area contributed by atoms with Crippen molar-refractivity contribution in [2.75, 3.05) is 62.5 Å². The van der Waals surface area contributed by atoms with Gasteiger partial charge in [-0.1, -0.05) is 6.92 Å². The maximum atomic E-state index is 14.3. The number of esters is 8. The Morgan fingerprint density at radius 3 is 1.38 bits per heavy atom. The van der Waals surface area contributed by atoms with Crippen LogP contribution in [0.4, 0.5) is 0 Å². The second-order valence-corrected chi connectivity index (χ2v) is 17.4. The molecule has 6 aliphatic rings. The lowest BCUT2D eigenvalue weighted by Crippen LogP contribution is -2.78. The Balaban J connectivity index is 1.60. The predicted molar refractivity (Wildman–Crippen MR) is 232 cm³/mol. The van der Waals surface area contributed by atoms with E-state index in [4.69, 9.17) is 94.7 Å². The van der Waals surface area contributed by atoms with Crippen LogP contribution in [-0.4, -0.2) is 237 Å². The minimum atomic E-state index is -2.42. The topological polar surface area (TPSA) is 341 Å². The zero-order chi connectivity index (χ0) is 55.0. The average Bonchev–Trinajstić information content (AvgIpc) is 3.34. The standard InChI is InChI=1S/C45H66O29/c1-14-44(42(53)59-12)36(52)30(55-8)32(57-10)40(73-44)70-27-25(16-62-19(3)47)69-39(35(67-23(7)51)29(27)65-21(5)49)72-37-31(56-9)33-41(74-45(37,17-63-33)43(54)60-13)71-26-24(15-61-18(2)46)68-38(58-11)34(66-22(6)50)28(26)64-20(4)48/h24-41,52H,14-17H2,1-13H3/t24?,25?,26-,27-,28+,29+,30-,31?,32?,33-,34?,35?,36+,37+,38+,39+,40-,41-,44?,45?/m1/s1. The average molecular weight is 1070 g/mol. The Kier molecular flexibility index (Phi) is 21.0. The Labute approximate surface area is 424 Å². The molecule has 0 aromatic heterocycles. The normalized spacial score (nSPS) is 38.6. The number of rotatable bonds is 21. The van der Waals surface area contributed by atoms with Crippen molar-refractivity contribution in [1.29, 1.82) is 0 Å². The molecule has 20 atom stereocenters. The molecular formula is C45H66O29. The maximum absolute atomic E-state index is 14.3. The van der Waals surface area contributed by atoms with Crippen LogP contribution < -0.4 is 0 Å². The first kappa shape index (κ1) is 60.1. The number of hydrogen-bond donors (Lipinski definition) is 1. The van der Waals surface area contributed by atoms with Gasteiger partial charge in [-0.15, -0.1) is 0 Å². The maximum Gasteiger partial charge on any atom is 0.343 e. The van der Waals surface area contributed by atoms with E-state index in [1.54, 1.807) is 0 Å². The number of ether oxygens (including phenoxy) is 20. The minimum absolute atomic E-state index is 0.198. The van der Waals surface area contributed by atoms with E-state index in [-0.39, 0.29) is 6.42 Å². The van der Waals surface area contributed by atoms with Crippen molar-refractivity contribution in [2.24, 2.45) is 0 Å². The van der Waals surface area contributed by atoms with Crippen molar-refractivity contribution in [3.8, 4) is 0 Å². The van der Waals surface area contributed by atoms with Gasteiger partial charge in [0.05, 0.1) is 20.8 Å². The third-order valence-electron chi connectivity index (χ3n) is 12.7. The van der Waals surface area contributed by atoms with Gasteiger partial charge in [0, 0.05) is 70.0 Å². The van der Waals surface area contributed by atoms with Crippen molar-refractivity contribution in [2.45, 2.75) is 177 Å². The second-order valence-electron chi connectivity index (χ2n) is 17.4. The second kappa shape index (κ2) is 25.9. The molecule has 2 bridgehead atoms. The van der Waals surface area contributed by atoms with Crippen LogP contribution in [0.25, 0.3) is 0 Å². The van der Waals surface area contributed by atoms with Crippen LogP contribution >= 0.6 is 0 Å². The van der Waals surface area contributed by atoms with Gasteiger partial charge in [0.25, 0.3) is 0 Å². The van der Waals surface area contributed by atoms with E-state index in [1.165, 1.54) is 35.4 Å². The zero-order valence-electron chi connectivity index (χ0n) is 43.1. The van der Waals surface area contributed by atoms with E-state index in [0.29, 0.717) is 0 Å². The van der Waals surface area contributed by atoms with Gasteiger partial charge >= 0.3 is 47.8 Å². The summed E-state index contributed by atoms with van der Waals surface area (Å²) in [6.45, 7) is 6.00. The Bertz CT molecular complexity index is 2000. The fraction of sp³-hybridized carbons (Fsp3) is 0.822. The molecule has 29 heteroatoms. The van der Waals surface area contributed by atoms with Crippen molar-refractivity contribution in [3.63, 3.8) is 0 Å². The van der Waals surface area contributed by atoms with E-state index in [0.717, 1.165) is 55.8 Å². The fourth-order valence-electron chi connectivity index (χ4n) is 9.52. The number of carbonyl (C=O) groups excluding carboxylic acids is 8. The summed E-state index contributed by atoms with van der Waals surface area (Å²) < 4.78 is 117. The summed E-state index contributed by atoms with van der Waals surface area (Å²) in [4.78, 5) is 103. The van der Waals surface area contributed by atoms with E-state index in [9.17, 15) is 43.5 Å². The van der Waals surface area contributed by atoms with Crippen LogP contribution in [-0.2, 0) is 133 Å². The number of hydrogen-bond acceptors (Lipinski definition) is 29. The predicted octanol–water partition coefficient (Wildman–Crippen LogP) is -2.16. The summed E-state index contributed by atoms with van der Waals surface area (Å²) in [5.74, 6) is -7.42. The Morgan fingerprint density at radius 2 is 0.946 bits per heavy atom. The molecule has 6 fully saturated rings. The van der Waals surface area contributed by atoms with Crippen LogP contribution in [0, 0.1) is 0 Å². The zero-order valence-corrected chi connectivity index (χ0v) is 43.1. The highest BCUT2D eigenvalue weighted by molar-refractivity contribution is 5.82. The summed E-state index contributed by atoms with van der Waals surface area (Å²) in [6, 6.07) is 0. The largest absolute Gasteiger partial charge is 0.467 e. The molecule has 6 saturated heterocycles. The first-order valence-electron chi connectivity index (χ1n) is 23.2. The van der Waals surface area contributed by atoms with Gasteiger partial charge in [0.2, 0.25) is 5.60 Å². The van der Waals surface area contributed by atoms with Gasteiger partial charge < -0.3 is 99.8 Å². The quantitative estimate of drug-likeness (QED) is 0.0945. The molecule has 1 N–H and O–H groups in total. The van der Waals surface area contributed by atoms with Gasteiger partial charge in [0.15, 0.2) is 55.2 Å². The third kappa shape index (κ3) is 12.7. The molecule has 6 heterocycles. The molecular weight excluding hydrogens is 1000 g/mol. The first-order chi connectivity index (χ1) is 35.0. The highest BCUT2D eigenvalue weighted by Crippen LogP contribution is 2.46. The number of aliphatic hydroxyl groups excluding tert-OH is 1. The molecule has 0 amide bonds. The summed E-state index contributed by atoms with van der Waals surface area (Å²) >= 11 is 0. The van der Waals surface area contributed by atoms with E-state index >= 15 is 0 Å². The number of methoxy groups -OCH3 is 6. The molecule has 6 rings (SSSR count). The Hall–Kier alpha value is -4.76. The molecule has 420 valence electrons. The highest BCUT2D eigenvalue weighted by Gasteiger charge is 2.69. The van der Waals surface area contributed by atoms with Gasteiger partial charge in [-0.05, 0) is 6.42 Å². The monoisotopic (exact) mass is 1070 g/mol. The summed E-state index contributed by atoms with van der Waals surface area (Å²) in [5.41, 5.74) is -4.56. The van der Waals surface area contributed by atoms with Crippen molar-refractivity contribution >= 4 is 47.8 Å². The van der Waals surface area contributed by atoms with Crippen molar-refractivity contribution in [1.82, 2.24) is 0 Å². The van der Waals surface area contributed by atoms with E-state index in [2.05, 4.69) is 0 Å². The minimum Gasteiger partial charge on any atom is -0.467 e. The van der Waals surface area contributed by atoms with Gasteiger partial charge in [-0.2, -0.15) is 0 Å². The number of fused-ring (bicyclic) bond motifs is 3. The highest BCUT2D eigenvalue weighted by atomic mass is 16.8. The van der Waals surface area contributed by atoms with Gasteiger partial charge in [0.1, 0.15) is 74.3 Å².